The SMILES string of the molecule is CCc1nsc(N2CCN(C(=NC)NCc3cnc(CC(C)C)s3)CC2)n1. The zero-order valence-electron chi connectivity index (χ0n) is 16.6. The molecule has 27 heavy (non-hydrogen) atoms. The van der Waals surface area contributed by atoms with Crippen LogP contribution < -0.4 is 10.2 Å². The Morgan fingerprint density at radius 2 is 2.07 bits per heavy atom. The Hall–Kier alpha value is -1.74. The van der Waals surface area contributed by atoms with Crippen LogP contribution in [0.1, 0.15) is 36.5 Å². The Labute approximate surface area is 169 Å². The van der Waals surface area contributed by atoms with Crippen LogP contribution in [0.3, 0.4) is 0 Å². The molecular weight excluding hydrogens is 378 g/mol. The van der Waals surface area contributed by atoms with Crippen LogP contribution in [0, 0.1) is 5.92 Å². The third kappa shape index (κ3) is 5.38. The summed E-state index contributed by atoms with van der Waals surface area (Å²) in [7, 11) is 1.85. The Kier molecular flexibility index (Phi) is 7.01. The second kappa shape index (κ2) is 9.45. The van der Waals surface area contributed by atoms with Gasteiger partial charge in [0.1, 0.15) is 5.82 Å². The largest absolute Gasteiger partial charge is 0.351 e. The number of guanidine groups is 1. The van der Waals surface area contributed by atoms with E-state index in [9.17, 15) is 0 Å². The van der Waals surface area contributed by atoms with E-state index in [1.54, 1.807) is 11.3 Å². The van der Waals surface area contributed by atoms with E-state index in [4.69, 9.17) is 0 Å². The van der Waals surface area contributed by atoms with E-state index < -0.39 is 0 Å². The van der Waals surface area contributed by atoms with Gasteiger partial charge >= 0.3 is 0 Å². The van der Waals surface area contributed by atoms with Crippen molar-refractivity contribution >= 4 is 34.0 Å². The Morgan fingerprint density at radius 3 is 2.70 bits per heavy atom. The fraction of sp³-hybridized carbons (Fsp3) is 0.667. The highest BCUT2D eigenvalue weighted by Gasteiger charge is 2.22. The number of hydrogen-bond acceptors (Lipinski definition) is 7. The third-order valence-electron chi connectivity index (χ3n) is 4.44. The minimum Gasteiger partial charge on any atom is -0.351 e. The van der Waals surface area contributed by atoms with Gasteiger partial charge in [0.15, 0.2) is 5.96 Å². The average Bonchev–Trinajstić information content (AvgIpc) is 3.32. The highest BCUT2D eigenvalue weighted by Crippen LogP contribution is 2.20. The van der Waals surface area contributed by atoms with Gasteiger partial charge in [0.25, 0.3) is 0 Å². The van der Waals surface area contributed by atoms with Gasteiger partial charge in [-0.25, -0.2) is 9.97 Å². The van der Waals surface area contributed by atoms with Crippen LogP contribution in [0.15, 0.2) is 11.2 Å². The predicted octanol–water partition coefficient (Wildman–Crippen LogP) is 2.65. The van der Waals surface area contributed by atoms with Gasteiger partial charge in [-0.1, -0.05) is 20.8 Å². The minimum atomic E-state index is 0.641. The first-order valence-corrected chi connectivity index (χ1v) is 11.1. The van der Waals surface area contributed by atoms with Crippen LogP contribution in [0.25, 0.3) is 0 Å². The molecule has 9 heteroatoms. The molecule has 0 unspecified atom stereocenters. The van der Waals surface area contributed by atoms with Crippen molar-refractivity contribution in [3.8, 4) is 0 Å². The summed E-state index contributed by atoms with van der Waals surface area (Å²) in [6.07, 6.45) is 3.93. The van der Waals surface area contributed by atoms with E-state index in [2.05, 4.69) is 55.2 Å². The summed E-state index contributed by atoms with van der Waals surface area (Å²) in [4.78, 5) is 19.5. The molecule has 0 radical (unpaired) electrons. The molecule has 3 heterocycles. The number of anilines is 1. The van der Waals surface area contributed by atoms with E-state index in [-0.39, 0.29) is 0 Å². The van der Waals surface area contributed by atoms with E-state index in [1.807, 2.05) is 13.2 Å². The molecule has 0 saturated carbocycles. The molecule has 0 atom stereocenters. The number of nitrogens with one attached hydrogen (secondary N) is 1. The molecule has 0 aromatic carbocycles. The summed E-state index contributed by atoms with van der Waals surface area (Å²) < 4.78 is 4.40. The quantitative estimate of drug-likeness (QED) is 0.586. The van der Waals surface area contributed by atoms with Gasteiger partial charge in [-0.15, -0.1) is 11.3 Å². The molecular formula is C18H29N7S2. The van der Waals surface area contributed by atoms with Gasteiger partial charge in [0, 0.05) is 68.7 Å². The smallest absolute Gasteiger partial charge is 0.205 e. The van der Waals surface area contributed by atoms with Gasteiger partial charge in [-0.3, -0.25) is 4.99 Å². The average molecular weight is 408 g/mol. The molecule has 2 aromatic heterocycles. The maximum atomic E-state index is 4.60. The van der Waals surface area contributed by atoms with Crippen molar-refractivity contribution in [2.75, 3.05) is 38.1 Å². The highest BCUT2D eigenvalue weighted by molar-refractivity contribution is 7.11. The monoisotopic (exact) mass is 407 g/mol. The van der Waals surface area contributed by atoms with Crippen molar-refractivity contribution in [1.82, 2.24) is 24.6 Å². The number of thiazole rings is 1. The van der Waals surface area contributed by atoms with Gasteiger partial charge < -0.3 is 15.1 Å². The van der Waals surface area contributed by atoms with Crippen LogP contribution in [0.5, 0.6) is 0 Å². The van der Waals surface area contributed by atoms with E-state index >= 15 is 0 Å². The summed E-state index contributed by atoms with van der Waals surface area (Å²) in [5.41, 5.74) is 0. The molecule has 1 aliphatic heterocycles. The summed E-state index contributed by atoms with van der Waals surface area (Å²) in [6, 6.07) is 0. The normalized spacial score (nSPS) is 15.7. The van der Waals surface area contributed by atoms with Crippen molar-refractivity contribution in [1.29, 1.82) is 0 Å². The zero-order chi connectivity index (χ0) is 19.2. The van der Waals surface area contributed by atoms with Crippen LogP contribution >= 0.6 is 22.9 Å². The van der Waals surface area contributed by atoms with Gasteiger partial charge in [0.05, 0.1) is 11.6 Å². The highest BCUT2D eigenvalue weighted by atomic mass is 32.1. The Morgan fingerprint density at radius 1 is 1.30 bits per heavy atom. The van der Waals surface area contributed by atoms with Crippen LogP contribution in [-0.2, 0) is 19.4 Å². The van der Waals surface area contributed by atoms with E-state index in [0.29, 0.717) is 5.92 Å². The first-order chi connectivity index (χ1) is 13.1. The summed E-state index contributed by atoms with van der Waals surface area (Å²) in [6.45, 7) is 11.1. The lowest BCUT2D eigenvalue weighted by molar-refractivity contribution is 0.372. The van der Waals surface area contributed by atoms with Crippen molar-refractivity contribution in [2.24, 2.45) is 10.9 Å². The molecule has 1 N–H and O–H groups in total. The molecule has 0 amide bonds. The maximum absolute atomic E-state index is 4.60. The van der Waals surface area contributed by atoms with Crippen molar-refractivity contribution in [3.05, 3.63) is 21.9 Å². The molecule has 7 nitrogen and oxygen atoms in total. The number of aryl methyl sites for hydroxylation is 1. The van der Waals surface area contributed by atoms with Gasteiger partial charge in [-0.2, -0.15) is 4.37 Å². The number of aromatic nitrogens is 3. The fourth-order valence-electron chi connectivity index (χ4n) is 3.00. The first-order valence-electron chi connectivity index (χ1n) is 9.55. The number of piperazine rings is 1. The van der Waals surface area contributed by atoms with E-state index in [1.165, 1.54) is 21.4 Å². The molecule has 1 aliphatic rings. The van der Waals surface area contributed by atoms with Gasteiger partial charge in [0.2, 0.25) is 5.13 Å². The van der Waals surface area contributed by atoms with Crippen LogP contribution in [-0.4, -0.2) is 58.4 Å². The van der Waals surface area contributed by atoms with Crippen LogP contribution in [0.2, 0.25) is 0 Å². The standard InChI is InChI=1S/C18H29N7S2/c1-5-15-22-18(27-23-15)25-8-6-24(7-9-25)17(19-4)21-12-14-11-20-16(26-14)10-13(2)3/h11,13H,5-10,12H2,1-4H3,(H,19,21). The maximum Gasteiger partial charge on any atom is 0.205 e. The molecule has 1 fully saturated rings. The molecule has 0 spiro atoms. The summed E-state index contributed by atoms with van der Waals surface area (Å²) in [5, 5.41) is 5.75. The van der Waals surface area contributed by atoms with Gasteiger partial charge in [-0.05, 0) is 5.92 Å². The lowest BCUT2D eigenvalue weighted by Crippen LogP contribution is -2.52. The fourth-order valence-corrected chi connectivity index (χ4v) is 4.87. The third-order valence-corrected chi connectivity index (χ3v) is 6.27. The first kappa shape index (κ1) is 20.0. The number of aliphatic imine (C=N–C) groups is 1. The van der Waals surface area contributed by atoms with Crippen molar-refractivity contribution in [3.63, 3.8) is 0 Å². The number of nitrogens with zero attached hydrogens (tertiary/aromatic N) is 6. The zero-order valence-corrected chi connectivity index (χ0v) is 18.2. The Bertz CT molecular complexity index is 744. The van der Waals surface area contributed by atoms with Crippen molar-refractivity contribution in [2.45, 2.75) is 40.2 Å². The molecule has 2 aromatic rings. The second-order valence-electron chi connectivity index (χ2n) is 7.04. The predicted molar refractivity (Wildman–Crippen MR) is 114 cm³/mol. The lowest BCUT2D eigenvalue weighted by Gasteiger charge is -2.36. The minimum absolute atomic E-state index is 0.641. The van der Waals surface area contributed by atoms with E-state index in [0.717, 1.165) is 62.5 Å². The topological polar surface area (TPSA) is 69.5 Å². The Balaban J connectivity index is 1.49. The summed E-state index contributed by atoms with van der Waals surface area (Å²) >= 11 is 3.30. The lowest BCUT2D eigenvalue weighted by atomic mass is 10.1. The second-order valence-corrected chi connectivity index (χ2v) is 8.97. The molecule has 0 bridgehead atoms. The molecule has 3 rings (SSSR count). The number of rotatable bonds is 6. The molecule has 1 saturated heterocycles. The number of hydrogen-bond donors (Lipinski definition) is 1. The van der Waals surface area contributed by atoms with Crippen molar-refractivity contribution < 1.29 is 0 Å². The molecule has 148 valence electrons. The van der Waals surface area contributed by atoms with Crippen LogP contribution in [0.4, 0.5) is 5.13 Å². The molecule has 0 aliphatic carbocycles. The summed E-state index contributed by atoms with van der Waals surface area (Å²) in [5.74, 6) is 2.54.